The molecule has 3 unspecified atom stereocenters. The number of fused-ring (bicyclic) bond motifs is 3. The van der Waals surface area contributed by atoms with E-state index in [0.29, 0.717) is 24.0 Å². The Hall–Kier alpha value is -2.10. The van der Waals surface area contributed by atoms with E-state index in [4.69, 9.17) is 9.72 Å². The molecule has 21 heavy (non-hydrogen) atoms. The van der Waals surface area contributed by atoms with Crippen LogP contribution in [0.25, 0.3) is 11.0 Å². The first-order valence-electron chi connectivity index (χ1n) is 7.59. The Bertz CT molecular complexity index is 731. The van der Waals surface area contributed by atoms with Crippen LogP contribution in [0.2, 0.25) is 0 Å². The van der Waals surface area contributed by atoms with Crippen LogP contribution in [0.4, 0.5) is 0 Å². The highest BCUT2D eigenvalue weighted by Gasteiger charge is 2.38. The van der Waals surface area contributed by atoms with Gasteiger partial charge in [0, 0.05) is 5.92 Å². The topological polar surface area (TPSA) is 55.0 Å². The van der Waals surface area contributed by atoms with Gasteiger partial charge in [-0.2, -0.15) is 0 Å². The van der Waals surface area contributed by atoms with Gasteiger partial charge in [0.1, 0.15) is 5.82 Å². The summed E-state index contributed by atoms with van der Waals surface area (Å²) in [7, 11) is 0. The van der Waals surface area contributed by atoms with Crippen LogP contribution in [0, 0.1) is 11.8 Å². The summed E-state index contributed by atoms with van der Waals surface area (Å²) in [5.74, 6) is 2.63. The number of aromatic nitrogens is 2. The average Bonchev–Trinajstić information content (AvgIpc) is 3.20. The van der Waals surface area contributed by atoms with E-state index in [1.165, 1.54) is 12.8 Å². The summed E-state index contributed by atoms with van der Waals surface area (Å²) in [6.07, 6.45) is 7.11. The van der Waals surface area contributed by atoms with E-state index >= 15 is 0 Å². The fourth-order valence-electron chi connectivity index (χ4n) is 3.64. The van der Waals surface area contributed by atoms with Gasteiger partial charge in [0.2, 0.25) is 0 Å². The number of esters is 1. The molecule has 0 spiro atoms. The summed E-state index contributed by atoms with van der Waals surface area (Å²) in [5, 5.41) is 0. The molecule has 2 aromatic rings. The zero-order valence-electron chi connectivity index (χ0n) is 12.0. The number of hydrogen-bond acceptors (Lipinski definition) is 3. The van der Waals surface area contributed by atoms with Gasteiger partial charge < -0.3 is 9.72 Å². The molecule has 0 radical (unpaired) electrons. The molecular formula is C17H18N2O2. The quantitative estimate of drug-likeness (QED) is 0.693. The van der Waals surface area contributed by atoms with Crippen LogP contribution in [-0.2, 0) is 4.74 Å². The summed E-state index contributed by atoms with van der Waals surface area (Å²) in [5.41, 5.74) is 2.42. The first-order valence-corrected chi connectivity index (χ1v) is 7.59. The largest absolute Gasteiger partial charge is 0.462 e. The number of imidazole rings is 1. The highest BCUT2D eigenvalue weighted by Crippen LogP contribution is 2.48. The second-order valence-electron chi connectivity index (χ2n) is 5.96. The van der Waals surface area contributed by atoms with E-state index in [1.54, 1.807) is 6.07 Å². The van der Waals surface area contributed by atoms with E-state index in [2.05, 4.69) is 17.1 Å². The maximum Gasteiger partial charge on any atom is 0.338 e. The normalized spacial score (nSPS) is 26.6. The molecule has 1 fully saturated rings. The van der Waals surface area contributed by atoms with Crippen molar-refractivity contribution < 1.29 is 9.53 Å². The lowest BCUT2D eigenvalue weighted by molar-refractivity contribution is 0.0526. The van der Waals surface area contributed by atoms with Crippen LogP contribution >= 0.6 is 0 Å². The lowest BCUT2D eigenvalue weighted by Crippen LogP contribution is -2.06. The van der Waals surface area contributed by atoms with E-state index in [9.17, 15) is 4.79 Å². The highest BCUT2D eigenvalue weighted by atomic mass is 16.5. The summed E-state index contributed by atoms with van der Waals surface area (Å²) in [6, 6.07) is 5.52. The predicted molar refractivity (Wildman–Crippen MR) is 80.1 cm³/mol. The van der Waals surface area contributed by atoms with E-state index < -0.39 is 0 Å². The van der Waals surface area contributed by atoms with Crippen molar-refractivity contribution in [2.45, 2.75) is 25.7 Å². The van der Waals surface area contributed by atoms with Crippen LogP contribution in [0.5, 0.6) is 0 Å². The van der Waals surface area contributed by atoms with Gasteiger partial charge in [-0.1, -0.05) is 12.2 Å². The molecule has 4 heteroatoms. The average molecular weight is 282 g/mol. The molecule has 0 aliphatic heterocycles. The van der Waals surface area contributed by atoms with Crippen molar-refractivity contribution >= 4 is 17.0 Å². The Morgan fingerprint density at radius 3 is 3.00 bits per heavy atom. The number of benzene rings is 1. The monoisotopic (exact) mass is 282 g/mol. The molecule has 1 N–H and O–H groups in total. The standard InChI is InChI=1S/C17H18N2O2/c1-2-21-17(20)12-5-6-14-15(9-12)19-16(18-14)13-8-10-3-4-11(13)7-10/h3-6,9-11,13H,2,7-8H2,1H3,(H,18,19). The molecule has 1 heterocycles. The molecule has 0 saturated heterocycles. The number of nitrogens with one attached hydrogen (secondary N) is 1. The Balaban J connectivity index is 1.67. The molecule has 1 aromatic carbocycles. The number of H-pyrrole nitrogens is 1. The van der Waals surface area contributed by atoms with Crippen LogP contribution in [-0.4, -0.2) is 22.5 Å². The smallest absolute Gasteiger partial charge is 0.338 e. The SMILES string of the molecule is CCOC(=O)c1ccc2nc(C3CC4C=CC3C4)[nH]c2c1. The van der Waals surface area contributed by atoms with Crippen molar-refractivity contribution in [2.75, 3.05) is 6.61 Å². The Morgan fingerprint density at radius 2 is 2.29 bits per heavy atom. The molecule has 4 rings (SSSR count). The van der Waals surface area contributed by atoms with Crippen LogP contribution in [0.3, 0.4) is 0 Å². The maximum atomic E-state index is 11.8. The lowest BCUT2D eigenvalue weighted by atomic mass is 9.93. The fraction of sp³-hybridized carbons (Fsp3) is 0.412. The number of allylic oxidation sites excluding steroid dienone is 2. The lowest BCUT2D eigenvalue weighted by Gasteiger charge is -2.14. The molecule has 4 nitrogen and oxygen atoms in total. The molecule has 0 amide bonds. The molecule has 1 saturated carbocycles. The number of ether oxygens (including phenoxy) is 1. The van der Waals surface area contributed by atoms with Crippen molar-refractivity contribution in [3.63, 3.8) is 0 Å². The van der Waals surface area contributed by atoms with E-state index in [-0.39, 0.29) is 5.97 Å². The minimum atomic E-state index is -0.279. The third-order valence-corrected chi connectivity index (χ3v) is 4.64. The number of carbonyl (C=O) groups excluding carboxylic acids is 1. The summed E-state index contributed by atoms with van der Waals surface area (Å²) >= 11 is 0. The number of aromatic amines is 1. The fourth-order valence-corrected chi connectivity index (χ4v) is 3.64. The second-order valence-corrected chi connectivity index (χ2v) is 5.96. The van der Waals surface area contributed by atoms with Crippen molar-refractivity contribution in [3.05, 3.63) is 41.7 Å². The molecular weight excluding hydrogens is 264 g/mol. The Labute approximate surface area is 123 Å². The molecule has 108 valence electrons. The van der Waals surface area contributed by atoms with Gasteiger partial charge in [-0.15, -0.1) is 0 Å². The van der Waals surface area contributed by atoms with Gasteiger partial charge in [-0.3, -0.25) is 0 Å². The molecule has 2 aliphatic rings. The predicted octanol–water partition coefficient (Wildman–Crippen LogP) is 3.42. The van der Waals surface area contributed by atoms with E-state index in [0.717, 1.165) is 22.8 Å². The van der Waals surface area contributed by atoms with Crippen LogP contribution in [0.15, 0.2) is 30.4 Å². The number of nitrogens with zero attached hydrogens (tertiary/aromatic N) is 1. The van der Waals surface area contributed by atoms with Gasteiger partial charge >= 0.3 is 5.97 Å². The van der Waals surface area contributed by atoms with Gasteiger partial charge in [-0.25, -0.2) is 9.78 Å². The zero-order chi connectivity index (χ0) is 14.4. The van der Waals surface area contributed by atoms with Crippen molar-refractivity contribution in [1.29, 1.82) is 0 Å². The summed E-state index contributed by atoms with van der Waals surface area (Å²) in [4.78, 5) is 19.9. The first-order chi connectivity index (χ1) is 10.2. The second kappa shape index (κ2) is 4.72. The number of hydrogen-bond donors (Lipinski definition) is 1. The summed E-state index contributed by atoms with van der Waals surface area (Å²) < 4.78 is 5.04. The first kappa shape index (κ1) is 12.6. The molecule has 1 aromatic heterocycles. The van der Waals surface area contributed by atoms with Crippen molar-refractivity contribution in [3.8, 4) is 0 Å². The third kappa shape index (κ3) is 2.06. The summed E-state index contributed by atoms with van der Waals surface area (Å²) in [6.45, 7) is 2.20. The van der Waals surface area contributed by atoms with Gasteiger partial charge in [0.15, 0.2) is 0 Å². The Morgan fingerprint density at radius 1 is 1.38 bits per heavy atom. The third-order valence-electron chi connectivity index (χ3n) is 4.64. The number of rotatable bonds is 3. The molecule has 2 aliphatic carbocycles. The molecule has 3 atom stereocenters. The van der Waals surface area contributed by atoms with Crippen molar-refractivity contribution in [2.24, 2.45) is 11.8 Å². The minimum absolute atomic E-state index is 0.279. The van der Waals surface area contributed by atoms with Crippen LogP contribution in [0.1, 0.15) is 41.9 Å². The van der Waals surface area contributed by atoms with Crippen LogP contribution < -0.4 is 0 Å². The van der Waals surface area contributed by atoms with E-state index in [1.807, 2.05) is 19.1 Å². The van der Waals surface area contributed by atoms with Gasteiger partial charge in [0.25, 0.3) is 0 Å². The minimum Gasteiger partial charge on any atom is -0.462 e. The van der Waals surface area contributed by atoms with Crippen molar-refractivity contribution in [1.82, 2.24) is 9.97 Å². The highest BCUT2D eigenvalue weighted by molar-refractivity contribution is 5.93. The number of carbonyl (C=O) groups is 1. The van der Waals surface area contributed by atoms with Gasteiger partial charge in [-0.05, 0) is 49.8 Å². The van der Waals surface area contributed by atoms with Gasteiger partial charge in [0.05, 0.1) is 23.2 Å². The molecule has 2 bridgehead atoms. The Kier molecular flexibility index (Phi) is 2.84. The maximum absolute atomic E-state index is 11.8. The zero-order valence-corrected chi connectivity index (χ0v) is 12.0.